The third-order valence-corrected chi connectivity index (χ3v) is 3.08. The van der Waals surface area contributed by atoms with Gasteiger partial charge in [-0.15, -0.1) is 0 Å². The van der Waals surface area contributed by atoms with E-state index in [0.29, 0.717) is 22.6 Å². The second-order valence-corrected chi connectivity index (χ2v) is 4.70. The van der Waals surface area contributed by atoms with Crippen molar-refractivity contribution in [1.82, 2.24) is 0 Å². The zero-order valence-electron chi connectivity index (χ0n) is 11.7. The Morgan fingerprint density at radius 3 is 2.33 bits per heavy atom. The molecule has 108 valence electrons. The van der Waals surface area contributed by atoms with Gasteiger partial charge in [-0.3, -0.25) is 15.5 Å². The summed E-state index contributed by atoms with van der Waals surface area (Å²) in [4.78, 5) is 10.5. The van der Waals surface area contributed by atoms with Crippen LogP contribution in [0, 0.1) is 29.4 Å². The van der Waals surface area contributed by atoms with Crippen molar-refractivity contribution in [3.63, 3.8) is 0 Å². The SMILES string of the molecule is Cc1cc(C)c([N+](=O)[O-])cc1Oc1ccc(C(=N)N)cc1. The van der Waals surface area contributed by atoms with Crippen LogP contribution in [0.5, 0.6) is 11.5 Å². The number of hydrogen-bond donors (Lipinski definition) is 2. The van der Waals surface area contributed by atoms with Crippen LogP contribution in [0.4, 0.5) is 5.69 Å². The zero-order valence-corrected chi connectivity index (χ0v) is 11.7. The minimum atomic E-state index is -0.430. The van der Waals surface area contributed by atoms with E-state index in [4.69, 9.17) is 15.9 Å². The van der Waals surface area contributed by atoms with Gasteiger partial charge < -0.3 is 10.5 Å². The highest BCUT2D eigenvalue weighted by Crippen LogP contribution is 2.31. The van der Waals surface area contributed by atoms with Crippen LogP contribution >= 0.6 is 0 Å². The highest BCUT2D eigenvalue weighted by Gasteiger charge is 2.15. The van der Waals surface area contributed by atoms with E-state index < -0.39 is 4.92 Å². The molecule has 2 aromatic rings. The minimum absolute atomic E-state index is 0.0240. The fourth-order valence-corrected chi connectivity index (χ4v) is 1.96. The maximum absolute atomic E-state index is 11.0. The van der Waals surface area contributed by atoms with Crippen molar-refractivity contribution >= 4 is 11.5 Å². The number of benzene rings is 2. The maximum Gasteiger partial charge on any atom is 0.276 e. The molecule has 0 atom stereocenters. The van der Waals surface area contributed by atoms with Crippen LogP contribution in [0.3, 0.4) is 0 Å². The first-order valence-corrected chi connectivity index (χ1v) is 6.26. The standard InChI is InChI=1S/C15H15N3O3/c1-9-7-10(2)14(8-13(9)18(19)20)21-12-5-3-11(4-6-12)15(16)17/h3-8H,1-2H3,(H3,16,17). The van der Waals surface area contributed by atoms with Gasteiger partial charge in [-0.1, -0.05) is 0 Å². The molecular formula is C15H15N3O3. The number of hydrogen-bond acceptors (Lipinski definition) is 4. The Bertz CT molecular complexity index is 709. The Kier molecular flexibility index (Phi) is 3.89. The van der Waals surface area contributed by atoms with Crippen molar-refractivity contribution < 1.29 is 9.66 Å². The van der Waals surface area contributed by atoms with Crippen molar-refractivity contribution in [1.29, 1.82) is 5.41 Å². The highest BCUT2D eigenvalue weighted by molar-refractivity contribution is 5.94. The lowest BCUT2D eigenvalue weighted by Crippen LogP contribution is -2.10. The summed E-state index contributed by atoms with van der Waals surface area (Å²) >= 11 is 0. The molecule has 6 heteroatoms. The summed E-state index contributed by atoms with van der Waals surface area (Å²) in [6.07, 6.45) is 0. The Labute approximate surface area is 121 Å². The highest BCUT2D eigenvalue weighted by atomic mass is 16.6. The summed E-state index contributed by atoms with van der Waals surface area (Å²) in [5, 5.41) is 18.3. The molecule has 2 aromatic carbocycles. The molecule has 0 fully saturated rings. The average Bonchev–Trinajstić information content (AvgIpc) is 2.42. The van der Waals surface area contributed by atoms with Crippen LogP contribution in [-0.2, 0) is 0 Å². The average molecular weight is 285 g/mol. The molecule has 21 heavy (non-hydrogen) atoms. The molecule has 3 N–H and O–H groups in total. The molecule has 0 saturated heterocycles. The summed E-state index contributed by atoms with van der Waals surface area (Å²) < 4.78 is 5.67. The van der Waals surface area contributed by atoms with E-state index >= 15 is 0 Å². The molecule has 0 aliphatic rings. The van der Waals surface area contributed by atoms with Gasteiger partial charge in [0.2, 0.25) is 0 Å². The van der Waals surface area contributed by atoms with Crippen LogP contribution in [0.15, 0.2) is 36.4 Å². The van der Waals surface area contributed by atoms with Crippen molar-refractivity contribution in [2.45, 2.75) is 13.8 Å². The summed E-state index contributed by atoms with van der Waals surface area (Å²) in [5.41, 5.74) is 7.40. The number of aryl methyl sites for hydroxylation is 2. The molecule has 0 heterocycles. The largest absolute Gasteiger partial charge is 0.457 e. The molecule has 0 saturated carbocycles. The lowest BCUT2D eigenvalue weighted by molar-refractivity contribution is -0.385. The van der Waals surface area contributed by atoms with E-state index in [1.54, 1.807) is 37.3 Å². The molecule has 2 rings (SSSR count). The number of nitrogens with zero attached hydrogens (tertiary/aromatic N) is 1. The Balaban J connectivity index is 2.32. The fourth-order valence-electron chi connectivity index (χ4n) is 1.96. The Morgan fingerprint density at radius 1 is 1.19 bits per heavy atom. The van der Waals surface area contributed by atoms with Gasteiger partial charge in [0, 0.05) is 11.1 Å². The van der Waals surface area contributed by atoms with E-state index in [1.165, 1.54) is 6.07 Å². The van der Waals surface area contributed by atoms with Crippen LogP contribution in [0.25, 0.3) is 0 Å². The zero-order chi connectivity index (χ0) is 15.6. The van der Waals surface area contributed by atoms with Gasteiger partial charge in [0.15, 0.2) is 0 Å². The van der Waals surface area contributed by atoms with Crippen LogP contribution < -0.4 is 10.5 Å². The summed E-state index contributed by atoms with van der Waals surface area (Å²) in [6.45, 7) is 3.52. The lowest BCUT2D eigenvalue weighted by atomic mass is 10.1. The Hall–Kier alpha value is -2.89. The number of nitrogens with one attached hydrogen (secondary N) is 1. The predicted molar refractivity (Wildman–Crippen MR) is 80.1 cm³/mol. The second-order valence-electron chi connectivity index (χ2n) is 4.70. The third kappa shape index (κ3) is 3.17. The van der Waals surface area contributed by atoms with Gasteiger partial charge in [-0.25, -0.2) is 0 Å². The third-order valence-electron chi connectivity index (χ3n) is 3.08. The second kappa shape index (κ2) is 5.62. The Morgan fingerprint density at radius 2 is 1.81 bits per heavy atom. The molecule has 0 aliphatic carbocycles. The van der Waals surface area contributed by atoms with E-state index in [2.05, 4.69) is 0 Å². The number of nitro benzene ring substituents is 1. The van der Waals surface area contributed by atoms with Gasteiger partial charge in [-0.2, -0.15) is 0 Å². The molecule has 0 aliphatic heterocycles. The molecule has 6 nitrogen and oxygen atoms in total. The molecular weight excluding hydrogens is 270 g/mol. The molecule has 0 radical (unpaired) electrons. The first kappa shape index (κ1) is 14.5. The van der Waals surface area contributed by atoms with E-state index in [-0.39, 0.29) is 11.5 Å². The minimum Gasteiger partial charge on any atom is -0.457 e. The molecule has 0 bridgehead atoms. The quantitative estimate of drug-likeness (QED) is 0.389. The number of nitrogen functional groups attached to an aromatic ring is 1. The van der Waals surface area contributed by atoms with Crippen molar-refractivity contribution in [3.05, 3.63) is 63.2 Å². The summed E-state index contributed by atoms with van der Waals surface area (Å²) in [6, 6.07) is 9.80. The number of amidine groups is 1. The van der Waals surface area contributed by atoms with E-state index in [9.17, 15) is 10.1 Å². The summed E-state index contributed by atoms with van der Waals surface area (Å²) in [5.74, 6) is 0.938. The molecule has 0 spiro atoms. The van der Waals surface area contributed by atoms with Gasteiger partial charge >= 0.3 is 0 Å². The molecule has 0 aromatic heterocycles. The van der Waals surface area contributed by atoms with Crippen molar-refractivity contribution in [3.8, 4) is 11.5 Å². The van der Waals surface area contributed by atoms with Crippen molar-refractivity contribution in [2.24, 2.45) is 5.73 Å². The van der Waals surface area contributed by atoms with Crippen LogP contribution in [0.1, 0.15) is 16.7 Å². The van der Waals surface area contributed by atoms with Gasteiger partial charge in [0.05, 0.1) is 11.0 Å². The topological polar surface area (TPSA) is 102 Å². The molecule has 0 amide bonds. The van der Waals surface area contributed by atoms with Crippen LogP contribution in [0.2, 0.25) is 0 Å². The summed E-state index contributed by atoms with van der Waals surface area (Å²) in [7, 11) is 0. The van der Waals surface area contributed by atoms with E-state index in [0.717, 1.165) is 5.56 Å². The number of rotatable bonds is 4. The fraction of sp³-hybridized carbons (Fsp3) is 0.133. The lowest BCUT2D eigenvalue weighted by Gasteiger charge is -2.10. The van der Waals surface area contributed by atoms with Gasteiger partial charge in [0.25, 0.3) is 5.69 Å². The van der Waals surface area contributed by atoms with E-state index in [1.807, 2.05) is 6.92 Å². The maximum atomic E-state index is 11.0. The van der Waals surface area contributed by atoms with Crippen LogP contribution in [-0.4, -0.2) is 10.8 Å². The van der Waals surface area contributed by atoms with Gasteiger partial charge in [0.1, 0.15) is 17.3 Å². The first-order valence-electron chi connectivity index (χ1n) is 6.26. The normalized spacial score (nSPS) is 10.2. The first-order chi connectivity index (χ1) is 9.88. The van der Waals surface area contributed by atoms with Gasteiger partial charge in [-0.05, 0) is 49.7 Å². The number of ether oxygens (including phenoxy) is 1. The predicted octanol–water partition coefficient (Wildman–Crippen LogP) is 3.29. The smallest absolute Gasteiger partial charge is 0.276 e. The molecule has 0 unspecified atom stereocenters. The number of nitro groups is 1. The number of nitrogens with two attached hydrogens (primary N) is 1. The van der Waals surface area contributed by atoms with Crippen molar-refractivity contribution in [2.75, 3.05) is 0 Å². The monoisotopic (exact) mass is 285 g/mol.